The molecule has 2 aromatic carbocycles. The number of anilines is 1. The van der Waals surface area contributed by atoms with Crippen molar-refractivity contribution in [2.24, 2.45) is 0 Å². The zero-order valence-electron chi connectivity index (χ0n) is 23.2. The van der Waals surface area contributed by atoms with Crippen molar-refractivity contribution >= 4 is 45.1 Å². The molecule has 9 nitrogen and oxygen atoms in total. The zero-order valence-corrected chi connectivity index (χ0v) is 25.6. The molecule has 40 heavy (non-hydrogen) atoms. The molecule has 1 saturated carbocycles. The van der Waals surface area contributed by atoms with Crippen LogP contribution < -0.4 is 19.9 Å². The van der Waals surface area contributed by atoms with Crippen LogP contribution in [0.5, 0.6) is 0 Å². The van der Waals surface area contributed by atoms with Crippen LogP contribution in [0.25, 0.3) is 10.4 Å². The summed E-state index contributed by atoms with van der Waals surface area (Å²) in [7, 11) is -3.86. The average molecular weight is 604 g/mol. The summed E-state index contributed by atoms with van der Waals surface area (Å²) >= 11 is 2.97. The molecule has 0 saturated heterocycles. The number of nitrogens with zero attached hydrogens (tertiary/aromatic N) is 2. The van der Waals surface area contributed by atoms with Crippen molar-refractivity contribution in [3.05, 3.63) is 65.3 Å². The maximum atomic E-state index is 13.7. The number of carboxylic acid groups (broad SMARTS) is 1. The summed E-state index contributed by atoms with van der Waals surface area (Å²) in [6.07, 6.45) is 5.89. The molecular formula is C28H37N5O4S3. The number of nitrogens with one attached hydrogen (secondary N) is 3. The molecule has 0 unspecified atom stereocenters. The number of benzene rings is 2. The first-order valence-corrected chi connectivity index (χ1v) is 16.7. The van der Waals surface area contributed by atoms with Gasteiger partial charge in [-0.25, -0.2) is 28.3 Å². The SMILES string of the molecule is CSN(NCc1ccccc1)c1ccc(-c2cnc(C3CCC(NC(=O)O)CC3)s2)c(S(=O)(=O)NC(C)(C)C)c1. The van der Waals surface area contributed by atoms with Gasteiger partial charge in [0.05, 0.1) is 20.5 Å². The van der Waals surface area contributed by atoms with Gasteiger partial charge in [-0.3, -0.25) is 4.41 Å². The number of carbonyl (C=O) groups is 1. The van der Waals surface area contributed by atoms with Crippen LogP contribution in [0.1, 0.15) is 62.9 Å². The minimum Gasteiger partial charge on any atom is -0.465 e. The van der Waals surface area contributed by atoms with Crippen LogP contribution in [-0.2, 0) is 16.6 Å². The van der Waals surface area contributed by atoms with Gasteiger partial charge in [0.2, 0.25) is 10.0 Å². The highest BCUT2D eigenvalue weighted by Gasteiger charge is 2.29. The van der Waals surface area contributed by atoms with Gasteiger partial charge in [0.25, 0.3) is 0 Å². The van der Waals surface area contributed by atoms with Crippen LogP contribution in [0.3, 0.4) is 0 Å². The Balaban J connectivity index is 1.62. The second kappa shape index (κ2) is 12.9. The first-order valence-electron chi connectivity index (χ1n) is 13.2. The van der Waals surface area contributed by atoms with Gasteiger partial charge in [-0.1, -0.05) is 30.3 Å². The number of hydrogen-bond acceptors (Lipinski definition) is 8. The highest BCUT2D eigenvalue weighted by molar-refractivity contribution is 7.99. The second-order valence-electron chi connectivity index (χ2n) is 10.9. The van der Waals surface area contributed by atoms with E-state index in [0.29, 0.717) is 12.1 Å². The maximum Gasteiger partial charge on any atom is 0.404 e. The van der Waals surface area contributed by atoms with Crippen molar-refractivity contribution in [3.8, 4) is 10.4 Å². The molecule has 216 valence electrons. The Labute approximate surface area is 244 Å². The fraction of sp³-hybridized carbons (Fsp3) is 0.429. The van der Waals surface area contributed by atoms with Crippen LogP contribution >= 0.6 is 23.3 Å². The molecule has 1 fully saturated rings. The van der Waals surface area contributed by atoms with E-state index in [1.165, 1.54) is 23.3 Å². The molecule has 1 amide bonds. The number of sulfonamides is 1. The maximum absolute atomic E-state index is 13.7. The molecule has 1 aromatic heterocycles. The Morgan fingerprint density at radius 2 is 1.82 bits per heavy atom. The number of rotatable bonds is 10. The van der Waals surface area contributed by atoms with Crippen molar-refractivity contribution in [2.45, 2.75) is 75.4 Å². The minimum absolute atomic E-state index is 0.0316. The van der Waals surface area contributed by atoms with Crippen LogP contribution in [0.2, 0.25) is 0 Å². The number of thiazole rings is 1. The van der Waals surface area contributed by atoms with Crippen molar-refractivity contribution in [1.82, 2.24) is 20.4 Å². The van der Waals surface area contributed by atoms with Crippen molar-refractivity contribution in [2.75, 3.05) is 10.7 Å². The molecule has 0 bridgehead atoms. The average Bonchev–Trinajstić information content (AvgIpc) is 3.38. The van der Waals surface area contributed by atoms with E-state index in [-0.39, 0.29) is 16.9 Å². The summed E-state index contributed by atoms with van der Waals surface area (Å²) < 4.78 is 32.1. The van der Waals surface area contributed by atoms with Crippen molar-refractivity contribution in [3.63, 3.8) is 0 Å². The molecule has 0 spiro atoms. The lowest BCUT2D eigenvalue weighted by Gasteiger charge is -2.27. The van der Waals surface area contributed by atoms with Gasteiger partial charge in [-0.05, 0) is 82.2 Å². The van der Waals surface area contributed by atoms with Crippen LogP contribution in [0.15, 0.2) is 59.6 Å². The molecule has 1 heterocycles. The molecule has 4 N–H and O–H groups in total. The van der Waals surface area contributed by atoms with Gasteiger partial charge in [0.1, 0.15) is 0 Å². The Morgan fingerprint density at radius 1 is 1.12 bits per heavy atom. The number of aromatic nitrogens is 1. The molecule has 1 aliphatic rings. The summed E-state index contributed by atoms with van der Waals surface area (Å²) in [6.45, 7) is 6.06. The molecule has 3 aromatic rings. The lowest BCUT2D eigenvalue weighted by atomic mass is 9.86. The highest BCUT2D eigenvalue weighted by Crippen LogP contribution is 2.40. The fourth-order valence-corrected chi connectivity index (χ4v) is 8.17. The monoisotopic (exact) mass is 603 g/mol. The lowest BCUT2D eigenvalue weighted by molar-refractivity contribution is 0.185. The summed E-state index contributed by atoms with van der Waals surface area (Å²) in [6, 6.07) is 15.5. The summed E-state index contributed by atoms with van der Waals surface area (Å²) in [5, 5.41) is 12.5. The van der Waals surface area contributed by atoms with Gasteiger partial charge < -0.3 is 10.4 Å². The minimum atomic E-state index is -3.86. The highest BCUT2D eigenvalue weighted by atomic mass is 32.2. The first kappa shape index (κ1) is 30.3. The molecule has 12 heteroatoms. The largest absolute Gasteiger partial charge is 0.465 e. The van der Waals surface area contributed by atoms with Crippen LogP contribution in [0.4, 0.5) is 10.5 Å². The predicted molar refractivity (Wildman–Crippen MR) is 163 cm³/mol. The van der Waals surface area contributed by atoms with E-state index < -0.39 is 21.7 Å². The molecule has 0 radical (unpaired) electrons. The van der Waals surface area contributed by atoms with Crippen LogP contribution in [0, 0.1) is 0 Å². The Morgan fingerprint density at radius 3 is 2.45 bits per heavy atom. The van der Waals surface area contributed by atoms with E-state index in [1.54, 1.807) is 12.3 Å². The molecule has 1 aliphatic carbocycles. The second-order valence-corrected chi connectivity index (χ2v) is 14.3. The smallest absolute Gasteiger partial charge is 0.404 e. The summed E-state index contributed by atoms with van der Waals surface area (Å²) in [4.78, 5) is 16.6. The normalized spacial score (nSPS) is 17.9. The number of amides is 1. The quantitative estimate of drug-likeness (QED) is 0.165. The van der Waals surface area contributed by atoms with E-state index in [4.69, 9.17) is 5.11 Å². The number of hydrazine groups is 1. The van der Waals surface area contributed by atoms with Gasteiger partial charge >= 0.3 is 6.09 Å². The topological polar surface area (TPSA) is 124 Å². The van der Waals surface area contributed by atoms with Crippen LogP contribution in [-0.4, -0.2) is 42.4 Å². The van der Waals surface area contributed by atoms with Crippen molar-refractivity contribution in [1.29, 1.82) is 0 Å². The summed E-state index contributed by atoms with van der Waals surface area (Å²) in [5.74, 6) is 0.229. The van der Waals surface area contributed by atoms with E-state index >= 15 is 0 Å². The van der Waals surface area contributed by atoms with Gasteiger partial charge in [-0.15, -0.1) is 11.3 Å². The third-order valence-corrected chi connectivity index (χ3v) is 10.3. The molecule has 0 aliphatic heterocycles. The third kappa shape index (κ3) is 7.97. The third-order valence-electron chi connectivity index (χ3n) is 6.58. The Bertz CT molecular complexity index is 1400. The molecular weight excluding hydrogens is 567 g/mol. The van der Waals surface area contributed by atoms with Crippen molar-refractivity contribution < 1.29 is 18.3 Å². The Hall–Kier alpha value is -2.64. The summed E-state index contributed by atoms with van der Waals surface area (Å²) in [5.41, 5.74) is 5.17. The van der Waals surface area contributed by atoms with Gasteiger partial charge in [0, 0.05) is 42.1 Å². The molecule has 0 atom stereocenters. The van der Waals surface area contributed by atoms with Gasteiger partial charge in [0.15, 0.2) is 0 Å². The Kier molecular flexibility index (Phi) is 9.78. The molecule has 4 rings (SSSR count). The fourth-order valence-electron chi connectivity index (χ4n) is 4.80. The first-order chi connectivity index (χ1) is 18.9. The standard InChI is InChI=1S/C28H37N5O4S3/c1-28(2,3)32-40(36,37)25-16-22(33(38-4)30-17-19-8-6-5-7-9-19)14-15-23(25)24-18-29-26(39-24)20-10-12-21(13-11-20)31-27(34)35/h5-9,14-16,18,20-21,30-32H,10-13,17H2,1-4H3,(H,34,35). The predicted octanol–water partition coefficient (Wildman–Crippen LogP) is 5.97. The van der Waals surface area contributed by atoms with E-state index in [1.807, 2.05) is 73.9 Å². The van der Waals surface area contributed by atoms with Gasteiger partial charge in [-0.2, -0.15) is 0 Å². The van der Waals surface area contributed by atoms with E-state index in [2.05, 4.69) is 20.4 Å². The number of hydrogen-bond donors (Lipinski definition) is 4. The van der Waals surface area contributed by atoms with E-state index in [9.17, 15) is 13.2 Å². The lowest BCUT2D eigenvalue weighted by Crippen LogP contribution is -2.40. The zero-order chi connectivity index (χ0) is 28.9. The van der Waals surface area contributed by atoms with E-state index in [0.717, 1.165) is 46.8 Å².